The molecule has 0 amide bonds. The van der Waals surface area contributed by atoms with Crippen LogP contribution >= 0.6 is 0 Å². The first-order valence-electron chi connectivity index (χ1n) is 4.10. The van der Waals surface area contributed by atoms with E-state index in [1.807, 2.05) is 24.3 Å². The Morgan fingerprint density at radius 3 is 2.54 bits per heavy atom. The van der Waals surface area contributed by atoms with Crippen LogP contribution in [0, 0.1) is 0 Å². The quantitative estimate of drug-likeness (QED) is 0.694. The van der Waals surface area contributed by atoms with Crippen LogP contribution in [0.25, 0.3) is 0 Å². The molecule has 0 aliphatic carbocycles. The van der Waals surface area contributed by atoms with Gasteiger partial charge in [0.25, 0.3) is 0 Å². The summed E-state index contributed by atoms with van der Waals surface area (Å²) in [4.78, 5) is 10.3. The maximum absolute atomic E-state index is 10.3. The highest BCUT2D eigenvalue weighted by Crippen LogP contribution is 2.11. The van der Waals surface area contributed by atoms with E-state index in [4.69, 9.17) is 10.5 Å². The molecule has 1 rings (SSSR count). The van der Waals surface area contributed by atoms with Gasteiger partial charge >= 0.3 is 0 Å². The fourth-order valence-electron chi connectivity index (χ4n) is 1.08. The molecule has 0 heterocycles. The lowest BCUT2D eigenvalue weighted by Gasteiger charge is -2.04. The lowest BCUT2D eigenvalue weighted by Crippen LogP contribution is -2.23. The Bertz CT molecular complexity index is 269. The molecule has 0 aliphatic rings. The lowest BCUT2D eigenvalue weighted by molar-refractivity contribution is -0.108. The van der Waals surface area contributed by atoms with Crippen LogP contribution in [0.1, 0.15) is 5.56 Å². The first kappa shape index (κ1) is 9.74. The van der Waals surface area contributed by atoms with E-state index in [-0.39, 0.29) is 0 Å². The van der Waals surface area contributed by atoms with Crippen molar-refractivity contribution in [1.82, 2.24) is 0 Å². The number of carbonyl (C=O) groups is 1. The first-order valence-corrected chi connectivity index (χ1v) is 4.10. The molecule has 0 aromatic heterocycles. The smallest absolute Gasteiger partial charge is 0.137 e. The van der Waals surface area contributed by atoms with E-state index in [0.29, 0.717) is 6.42 Å². The van der Waals surface area contributed by atoms with Crippen LogP contribution in [-0.2, 0) is 11.2 Å². The van der Waals surface area contributed by atoms with Crippen molar-refractivity contribution >= 4 is 6.29 Å². The van der Waals surface area contributed by atoms with Crippen molar-refractivity contribution in [3.8, 4) is 5.75 Å². The van der Waals surface area contributed by atoms with Gasteiger partial charge in [0.2, 0.25) is 0 Å². The summed E-state index contributed by atoms with van der Waals surface area (Å²) in [6.07, 6.45) is 1.33. The Morgan fingerprint density at radius 2 is 2.08 bits per heavy atom. The van der Waals surface area contributed by atoms with E-state index in [9.17, 15) is 4.79 Å². The van der Waals surface area contributed by atoms with Crippen LogP contribution in [0.3, 0.4) is 0 Å². The molecule has 0 spiro atoms. The molecule has 3 nitrogen and oxygen atoms in total. The number of carbonyl (C=O) groups excluding carboxylic acids is 1. The predicted octanol–water partition coefficient (Wildman–Crippen LogP) is 0.764. The second-order valence-electron chi connectivity index (χ2n) is 2.85. The Kier molecular flexibility index (Phi) is 3.46. The van der Waals surface area contributed by atoms with E-state index in [2.05, 4.69) is 0 Å². The molecule has 0 radical (unpaired) electrons. The Labute approximate surface area is 77.5 Å². The molecule has 2 N–H and O–H groups in total. The number of ether oxygens (including phenoxy) is 1. The molecule has 0 aliphatic heterocycles. The summed E-state index contributed by atoms with van der Waals surface area (Å²) in [5.74, 6) is 0.809. The summed E-state index contributed by atoms with van der Waals surface area (Å²) in [5.41, 5.74) is 6.52. The standard InChI is InChI=1S/C10H13NO2/c1-13-10-4-2-8(3-5-10)6-9(11)7-12/h2-5,7,9H,6,11H2,1H3/t9-/m1/s1. The minimum Gasteiger partial charge on any atom is -0.497 e. The SMILES string of the molecule is COc1ccc(C[C@@H](N)C=O)cc1. The molecule has 0 saturated carbocycles. The topological polar surface area (TPSA) is 52.3 Å². The number of aldehydes is 1. The summed E-state index contributed by atoms with van der Waals surface area (Å²) < 4.78 is 5.00. The van der Waals surface area contributed by atoms with E-state index in [1.165, 1.54) is 0 Å². The molecule has 0 fully saturated rings. The molecular weight excluding hydrogens is 166 g/mol. The van der Waals surface area contributed by atoms with Crippen molar-refractivity contribution < 1.29 is 9.53 Å². The summed E-state index contributed by atoms with van der Waals surface area (Å²) in [6, 6.07) is 7.11. The van der Waals surface area contributed by atoms with Gasteiger partial charge in [-0.3, -0.25) is 0 Å². The minimum atomic E-state index is -0.409. The number of hydrogen-bond acceptors (Lipinski definition) is 3. The molecule has 0 saturated heterocycles. The number of rotatable bonds is 4. The van der Waals surface area contributed by atoms with Gasteiger partial charge in [0.1, 0.15) is 12.0 Å². The third-order valence-corrected chi connectivity index (χ3v) is 1.81. The lowest BCUT2D eigenvalue weighted by atomic mass is 10.1. The number of nitrogens with two attached hydrogens (primary N) is 1. The Morgan fingerprint density at radius 1 is 1.46 bits per heavy atom. The van der Waals surface area contributed by atoms with E-state index >= 15 is 0 Å². The third kappa shape index (κ3) is 2.87. The molecule has 70 valence electrons. The Balaban J connectivity index is 2.63. The molecule has 1 aromatic rings. The zero-order valence-corrected chi connectivity index (χ0v) is 7.57. The van der Waals surface area contributed by atoms with Crippen LogP contribution in [-0.4, -0.2) is 19.4 Å². The van der Waals surface area contributed by atoms with Crippen LogP contribution in [0.2, 0.25) is 0 Å². The molecule has 3 heteroatoms. The van der Waals surface area contributed by atoms with Crippen molar-refractivity contribution in [3.05, 3.63) is 29.8 Å². The van der Waals surface area contributed by atoms with Gasteiger partial charge in [0.15, 0.2) is 0 Å². The van der Waals surface area contributed by atoms with Crippen molar-refractivity contribution in [2.75, 3.05) is 7.11 Å². The highest BCUT2D eigenvalue weighted by Gasteiger charge is 2.01. The van der Waals surface area contributed by atoms with Crippen molar-refractivity contribution in [1.29, 1.82) is 0 Å². The fraction of sp³-hybridized carbons (Fsp3) is 0.300. The number of hydrogen-bond donors (Lipinski definition) is 1. The van der Waals surface area contributed by atoms with Crippen molar-refractivity contribution in [3.63, 3.8) is 0 Å². The monoisotopic (exact) mass is 179 g/mol. The zero-order chi connectivity index (χ0) is 9.68. The van der Waals surface area contributed by atoms with Gasteiger partial charge in [-0.15, -0.1) is 0 Å². The van der Waals surface area contributed by atoms with Gasteiger partial charge in [0, 0.05) is 0 Å². The van der Waals surface area contributed by atoms with Crippen molar-refractivity contribution in [2.24, 2.45) is 5.73 Å². The van der Waals surface area contributed by atoms with Crippen LogP contribution in [0.5, 0.6) is 5.75 Å². The second-order valence-corrected chi connectivity index (χ2v) is 2.85. The average molecular weight is 179 g/mol. The number of methoxy groups -OCH3 is 1. The van der Waals surface area contributed by atoms with Crippen LogP contribution in [0.4, 0.5) is 0 Å². The number of benzene rings is 1. The zero-order valence-electron chi connectivity index (χ0n) is 7.57. The Hall–Kier alpha value is -1.35. The van der Waals surface area contributed by atoms with E-state index in [0.717, 1.165) is 17.6 Å². The summed E-state index contributed by atoms with van der Waals surface area (Å²) in [6.45, 7) is 0. The van der Waals surface area contributed by atoms with Gasteiger partial charge < -0.3 is 15.3 Å². The molecular formula is C10H13NO2. The van der Waals surface area contributed by atoms with E-state index in [1.54, 1.807) is 7.11 Å². The average Bonchev–Trinajstić information content (AvgIpc) is 2.19. The van der Waals surface area contributed by atoms with Crippen molar-refractivity contribution in [2.45, 2.75) is 12.5 Å². The molecule has 0 bridgehead atoms. The van der Waals surface area contributed by atoms with Gasteiger partial charge in [-0.05, 0) is 24.1 Å². The largest absolute Gasteiger partial charge is 0.497 e. The maximum Gasteiger partial charge on any atom is 0.137 e. The normalized spacial score (nSPS) is 12.2. The highest BCUT2D eigenvalue weighted by molar-refractivity contribution is 5.57. The van der Waals surface area contributed by atoms with Crippen LogP contribution < -0.4 is 10.5 Å². The van der Waals surface area contributed by atoms with E-state index < -0.39 is 6.04 Å². The third-order valence-electron chi connectivity index (χ3n) is 1.81. The summed E-state index contributed by atoms with van der Waals surface area (Å²) in [7, 11) is 1.62. The van der Waals surface area contributed by atoms with Gasteiger partial charge in [-0.25, -0.2) is 0 Å². The first-order chi connectivity index (χ1) is 6.26. The van der Waals surface area contributed by atoms with Gasteiger partial charge in [0.05, 0.1) is 13.2 Å². The summed E-state index contributed by atoms with van der Waals surface area (Å²) in [5, 5.41) is 0. The predicted molar refractivity (Wildman–Crippen MR) is 50.7 cm³/mol. The molecule has 0 unspecified atom stereocenters. The fourth-order valence-corrected chi connectivity index (χ4v) is 1.08. The minimum absolute atomic E-state index is 0.409. The summed E-state index contributed by atoms with van der Waals surface area (Å²) >= 11 is 0. The molecule has 13 heavy (non-hydrogen) atoms. The molecule has 1 atom stereocenters. The van der Waals surface area contributed by atoms with Gasteiger partial charge in [-0.2, -0.15) is 0 Å². The second kappa shape index (κ2) is 4.62. The van der Waals surface area contributed by atoms with Gasteiger partial charge in [-0.1, -0.05) is 12.1 Å². The maximum atomic E-state index is 10.3. The van der Waals surface area contributed by atoms with Crippen LogP contribution in [0.15, 0.2) is 24.3 Å². The molecule has 1 aromatic carbocycles. The highest BCUT2D eigenvalue weighted by atomic mass is 16.5.